The van der Waals surface area contributed by atoms with Gasteiger partial charge in [0.05, 0.1) is 26.2 Å². The van der Waals surface area contributed by atoms with E-state index in [1.165, 1.54) is 25.9 Å². The molecule has 0 unspecified atom stereocenters. The SMILES string of the molecule is CC(C)OC[N+]1(C)CCCC1.O=N[O-]. The van der Waals surface area contributed by atoms with Crippen LogP contribution in [0.1, 0.15) is 26.7 Å². The Morgan fingerprint density at radius 1 is 1.43 bits per heavy atom. The van der Waals surface area contributed by atoms with Crippen molar-refractivity contribution >= 4 is 0 Å². The molecule has 1 saturated heterocycles. The predicted octanol–water partition coefficient (Wildman–Crippen LogP) is 1.86. The van der Waals surface area contributed by atoms with Crippen molar-refractivity contribution in [3.63, 3.8) is 0 Å². The van der Waals surface area contributed by atoms with Crippen LogP contribution in [0.5, 0.6) is 0 Å². The summed E-state index contributed by atoms with van der Waals surface area (Å²) in [7, 11) is 2.29. The number of hydrogen-bond acceptors (Lipinski definition) is 4. The molecule has 5 heteroatoms. The third-order valence-corrected chi connectivity index (χ3v) is 2.37. The number of ether oxygens (including phenoxy) is 1. The van der Waals surface area contributed by atoms with Gasteiger partial charge in [-0.3, -0.25) is 0 Å². The van der Waals surface area contributed by atoms with Gasteiger partial charge in [-0.05, 0) is 13.8 Å². The molecule has 0 aromatic rings. The molecule has 84 valence electrons. The molecule has 0 bridgehead atoms. The van der Waals surface area contributed by atoms with Crippen LogP contribution in [0.25, 0.3) is 0 Å². The van der Waals surface area contributed by atoms with Gasteiger partial charge in [-0.25, -0.2) is 0 Å². The van der Waals surface area contributed by atoms with Gasteiger partial charge >= 0.3 is 0 Å². The van der Waals surface area contributed by atoms with E-state index < -0.39 is 0 Å². The average Bonchev–Trinajstić information content (AvgIpc) is 2.51. The second-order valence-corrected chi connectivity index (χ2v) is 4.19. The van der Waals surface area contributed by atoms with Crippen LogP contribution in [0.15, 0.2) is 5.34 Å². The Bertz CT molecular complexity index is 156. The lowest BCUT2D eigenvalue weighted by Gasteiger charge is -2.29. The van der Waals surface area contributed by atoms with E-state index in [1.807, 2.05) is 0 Å². The van der Waals surface area contributed by atoms with Gasteiger partial charge in [0.25, 0.3) is 0 Å². The van der Waals surface area contributed by atoms with Crippen molar-refractivity contribution < 1.29 is 9.22 Å². The van der Waals surface area contributed by atoms with E-state index >= 15 is 0 Å². The summed E-state index contributed by atoms with van der Waals surface area (Å²) < 4.78 is 6.72. The third-order valence-electron chi connectivity index (χ3n) is 2.37. The van der Waals surface area contributed by atoms with Gasteiger partial charge < -0.3 is 19.3 Å². The zero-order valence-electron chi connectivity index (χ0n) is 9.23. The fraction of sp³-hybridized carbons (Fsp3) is 1.00. The molecule has 0 radical (unpaired) electrons. The number of quaternary nitrogens is 1. The van der Waals surface area contributed by atoms with Crippen LogP contribution < -0.4 is 0 Å². The first kappa shape index (κ1) is 13.3. The molecule has 0 atom stereocenters. The van der Waals surface area contributed by atoms with E-state index in [0.717, 1.165) is 16.6 Å². The maximum Gasteiger partial charge on any atom is 0.183 e. The van der Waals surface area contributed by atoms with Gasteiger partial charge in [-0.2, -0.15) is 0 Å². The Morgan fingerprint density at radius 3 is 2.21 bits per heavy atom. The van der Waals surface area contributed by atoms with Gasteiger partial charge in [0.2, 0.25) is 0 Å². The minimum Gasteiger partial charge on any atom is -0.444 e. The van der Waals surface area contributed by atoms with Crippen LogP contribution in [0.4, 0.5) is 0 Å². The highest BCUT2D eigenvalue weighted by atomic mass is 16.6. The lowest BCUT2D eigenvalue weighted by Crippen LogP contribution is -2.43. The van der Waals surface area contributed by atoms with Gasteiger partial charge in [-0.1, -0.05) is 0 Å². The standard InChI is InChI=1S/C9H20NO.HNO2/c1-9(2)11-8-10(3)6-4-5-7-10;2-1-3/h9H,4-8H2,1-3H3;(H,2,3)/q+1;/p-1. The highest BCUT2D eigenvalue weighted by Crippen LogP contribution is 2.16. The zero-order valence-corrected chi connectivity index (χ0v) is 9.23. The lowest BCUT2D eigenvalue weighted by molar-refractivity contribution is -0.917. The molecule has 1 aliphatic heterocycles. The second kappa shape index (κ2) is 6.73. The van der Waals surface area contributed by atoms with Gasteiger partial charge in [0.1, 0.15) is 0 Å². The van der Waals surface area contributed by atoms with Crippen LogP contribution in [0.3, 0.4) is 0 Å². The smallest absolute Gasteiger partial charge is 0.183 e. The highest BCUT2D eigenvalue weighted by Gasteiger charge is 2.26. The van der Waals surface area contributed by atoms with Crippen molar-refractivity contribution in [2.75, 3.05) is 26.9 Å². The summed E-state index contributed by atoms with van der Waals surface area (Å²) in [6.45, 7) is 7.70. The summed E-state index contributed by atoms with van der Waals surface area (Å²) in [6, 6.07) is 0. The van der Waals surface area contributed by atoms with Crippen LogP contribution in [0, 0.1) is 10.1 Å². The van der Waals surface area contributed by atoms with Gasteiger partial charge in [0, 0.05) is 12.8 Å². The Labute approximate surface area is 85.2 Å². The van der Waals surface area contributed by atoms with Crippen LogP contribution in [0.2, 0.25) is 0 Å². The molecule has 5 nitrogen and oxygen atoms in total. The first-order chi connectivity index (χ1) is 6.54. The molecule has 0 aromatic heterocycles. The van der Waals surface area contributed by atoms with E-state index in [4.69, 9.17) is 14.9 Å². The molecule has 1 aliphatic rings. The Kier molecular flexibility index (Phi) is 6.40. The largest absolute Gasteiger partial charge is 0.444 e. The molecule has 1 rings (SSSR count). The molecule has 14 heavy (non-hydrogen) atoms. The maximum absolute atomic E-state index is 8.00. The summed E-state index contributed by atoms with van der Waals surface area (Å²) in [6.07, 6.45) is 3.13. The van der Waals surface area contributed by atoms with Crippen molar-refractivity contribution in [3.8, 4) is 0 Å². The Morgan fingerprint density at radius 2 is 1.86 bits per heavy atom. The van der Waals surface area contributed by atoms with Crippen molar-refractivity contribution in [1.29, 1.82) is 0 Å². The second-order valence-electron chi connectivity index (χ2n) is 4.19. The summed E-state index contributed by atoms with van der Waals surface area (Å²) in [5.41, 5.74) is 0. The fourth-order valence-corrected chi connectivity index (χ4v) is 1.56. The average molecular weight is 204 g/mol. The molecule has 0 N–H and O–H groups in total. The number of rotatable bonds is 3. The summed E-state index contributed by atoms with van der Waals surface area (Å²) in [5.74, 6) is 0. The summed E-state index contributed by atoms with van der Waals surface area (Å²) >= 11 is 0. The van der Waals surface area contributed by atoms with Crippen molar-refractivity contribution in [2.24, 2.45) is 5.34 Å². The quantitative estimate of drug-likeness (QED) is 0.400. The highest BCUT2D eigenvalue weighted by molar-refractivity contribution is 4.49. The number of likely N-dealkylation sites (tertiary alicyclic amines) is 1. The number of hydrogen-bond donors (Lipinski definition) is 0. The van der Waals surface area contributed by atoms with E-state index in [-0.39, 0.29) is 0 Å². The molecule has 0 aromatic carbocycles. The molecule has 0 aliphatic carbocycles. The molecular formula is C9H20N2O3. The topological polar surface area (TPSA) is 61.7 Å². The zero-order chi connectivity index (χ0) is 11.0. The summed E-state index contributed by atoms with van der Waals surface area (Å²) in [4.78, 5) is 8.00. The minimum absolute atomic E-state index is 0.380. The number of nitrogens with zero attached hydrogens (tertiary/aromatic N) is 2. The lowest BCUT2D eigenvalue weighted by atomic mass is 10.4. The van der Waals surface area contributed by atoms with Crippen molar-refractivity contribution in [3.05, 3.63) is 10.1 Å². The molecular weight excluding hydrogens is 184 g/mol. The monoisotopic (exact) mass is 204 g/mol. The predicted molar refractivity (Wildman–Crippen MR) is 55.4 cm³/mol. The van der Waals surface area contributed by atoms with Crippen LogP contribution in [-0.2, 0) is 4.74 Å². The van der Waals surface area contributed by atoms with Crippen molar-refractivity contribution in [1.82, 2.24) is 0 Å². The molecule has 1 heterocycles. The molecule has 0 amide bonds. The van der Waals surface area contributed by atoms with E-state index in [0.29, 0.717) is 6.10 Å². The van der Waals surface area contributed by atoms with Gasteiger partial charge in [0.15, 0.2) is 6.73 Å². The molecule has 0 spiro atoms. The van der Waals surface area contributed by atoms with Crippen LogP contribution in [-0.4, -0.2) is 37.5 Å². The Balaban J connectivity index is 0.000000500. The van der Waals surface area contributed by atoms with E-state index in [2.05, 4.69) is 20.9 Å². The minimum atomic E-state index is 0.380. The third kappa shape index (κ3) is 5.88. The first-order valence-electron chi connectivity index (χ1n) is 4.94. The fourth-order valence-electron chi connectivity index (χ4n) is 1.56. The molecule has 1 fully saturated rings. The van der Waals surface area contributed by atoms with Crippen LogP contribution >= 0.6 is 0 Å². The normalized spacial score (nSPS) is 18.9. The van der Waals surface area contributed by atoms with Crippen molar-refractivity contribution in [2.45, 2.75) is 32.8 Å². The molecule has 0 saturated carbocycles. The summed E-state index contributed by atoms with van der Waals surface area (Å²) in [5, 5.41) is 9.00. The first-order valence-corrected chi connectivity index (χ1v) is 4.94. The van der Waals surface area contributed by atoms with Gasteiger partial charge in [-0.15, -0.1) is 5.34 Å². The maximum atomic E-state index is 8.00. The van der Waals surface area contributed by atoms with E-state index in [9.17, 15) is 0 Å². The Hall–Kier alpha value is -0.680. The van der Waals surface area contributed by atoms with E-state index in [1.54, 1.807) is 0 Å².